The van der Waals surface area contributed by atoms with E-state index in [2.05, 4.69) is 4.98 Å². The second kappa shape index (κ2) is 10.2. The molecule has 0 radical (unpaired) electrons. The molecule has 2 aromatic carbocycles. The Morgan fingerprint density at radius 2 is 1.73 bits per heavy atom. The molecule has 0 saturated carbocycles. The van der Waals surface area contributed by atoms with E-state index in [0.717, 1.165) is 23.5 Å². The third-order valence-corrected chi connectivity index (χ3v) is 7.23. The van der Waals surface area contributed by atoms with Gasteiger partial charge in [0.05, 0.1) is 37.0 Å². The summed E-state index contributed by atoms with van der Waals surface area (Å²) in [6.07, 6.45) is -3.47. The summed E-state index contributed by atoms with van der Waals surface area (Å²) in [5, 5.41) is 0.445. The molecule has 0 N–H and O–H groups in total. The lowest BCUT2D eigenvalue weighted by Crippen LogP contribution is -2.57. The maximum Gasteiger partial charge on any atom is 0.416 e. The highest BCUT2D eigenvalue weighted by Gasteiger charge is 2.35. The van der Waals surface area contributed by atoms with E-state index in [9.17, 15) is 22.8 Å². The molecule has 4 aromatic rings. The number of methoxy groups -OCH3 is 1. The lowest BCUT2D eigenvalue weighted by atomic mass is 10.1. The number of hydrogen-bond acceptors (Lipinski definition) is 7. The normalized spacial score (nSPS) is 14.2. The minimum atomic E-state index is -4.43. The Balaban J connectivity index is 1.34. The number of fused-ring (bicyclic) bond motifs is 1. The van der Waals surface area contributed by atoms with E-state index in [4.69, 9.17) is 14.2 Å². The Labute approximate surface area is 231 Å². The van der Waals surface area contributed by atoms with Gasteiger partial charge in [0.2, 0.25) is 0 Å². The summed E-state index contributed by atoms with van der Waals surface area (Å²) < 4.78 is 57.4. The first-order chi connectivity index (χ1) is 18.8. The predicted octanol–water partition coefficient (Wildman–Crippen LogP) is 6.14. The Kier molecular flexibility index (Phi) is 6.99. The number of ether oxygens (including phenoxy) is 3. The predicted molar refractivity (Wildman–Crippen MR) is 144 cm³/mol. The van der Waals surface area contributed by atoms with Crippen molar-refractivity contribution in [3.05, 3.63) is 70.6 Å². The Morgan fingerprint density at radius 1 is 1.02 bits per heavy atom. The number of rotatable bonds is 5. The van der Waals surface area contributed by atoms with Crippen molar-refractivity contribution in [2.75, 3.05) is 20.2 Å². The summed E-state index contributed by atoms with van der Waals surface area (Å²) in [5.74, 6) is 0.881. The smallest absolute Gasteiger partial charge is 0.416 e. The quantitative estimate of drug-likeness (QED) is 0.285. The van der Waals surface area contributed by atoms with Crippen LogP contribution in [-0.4, -0.2) is 52.4 Å². The van der Waals surface area contributed by atoms with Gasteiger partial charge in [-0.15, -0.1) is 11.3 Å². The van der Waals surface area contributed by atoms with Crippen molar-refractivity contribution >= 4 is 27.6 Å². The minimum Gasteiger partial charge on any atom is -0.493 e. The fraction of sp³-hybridized carbons (Fsp3) is 0.321. The Bertz CT molecular complexity index is 1620. The van der Waals surface area contributed by atoms with Crippen LogP contribution in [0.2, 0.25) is 0 Å². The third-order valence-electron chi connectivity index (χ3n) is 6.13. The summed E-state index contributed by atoms with van der Waals surface area (Å²) in [6.45, 7) is 6.18. The van der Waals surface area contributed by atoms with Gasteiger partial charge in [0, 0.05) is 17.8 Å². The number of aromatic nitrogens is 2. The number of carbonyl (C=O) groups excluding carboxylic acids is 1. The van der Waals surface area contributed by atoms with Gasteiger partial charge in [0.25, 0.3) is 5.56 Å². The van der Waals surface area contributed by atoms with Crippen LogP contribution in [0.4, 0.5) is 18.0 Å². The molecule has 210 valence electrons. The number of hydrogen-bond donors (Lipinski definition) is 0. The molecular weight excluding hydrogens is 547 g/mol. The summed E-state index contributed by atoms with van der Waals surface area (Å²) in [7, 11) is 1.49. The Hall–Kier alpha value is -4.06. The summed E-state index contributed by atoms with van der Waals surface area (Å²) in [6, 6.07) is 11.4. The van der Waals surface area contributed by atoms with Crippen LogP contribution in [-0.2, 0) is 10.9 Å². The number of halogens is 3. The molecule has 0 unspecified atom stereocenters. The second-order valence-electron chi connectivity index (χ2n) is 10.3. The molecule has 1 fully saturated rings. The molecule has 2 aromatic heterocycles. The minimum absolute atomic E-state index is 0.229. The zero-order valence-corrected chi connectivity index (χ0v) is 22.9. The van der Waals surface area contributed by atoms with Gasteiger partial charge in [-0.05, 0) is 51.1 Å². The number of likely N-dealkylation sites (tertiary alicyclic amines) is 1. The second-order valence-corrected chi connectivity index (χ2v) is 11.3. The first-order valence-corrected chi connectivity index (χ1v) is 13.2. The number of benzene rings is 2. The van der Waals surface area contributed by atoms with E-state index < -0.39 is 23.4 Å². The highest BCUT2D eigenvalue weighted by molar-refractivity contribution is 7.21. The zero-order chi connectivity index (χ0) is 28.8. The molecule has 40 heavy (non-hydrogen) atoms. The molecule has 0 aliphatic carbocycles. The summed E-state index contributed by atoms with van der Waals surface area (Å²) in [5.41, 5.74) is -0.178. The topological polar surface area (TPSA) is 82.9 Å². The van der Waals surface area contributed by atoms with Gasteiger partial charge in [-0.25, -0.2) is 9.78 Å². The highest BCUT2D eigenvalue weighted by Crippen LogP contribution is 2.34. The fourth-order valence-corrected chi connectivity index (χ4v) is 5.12. The van der Waals surface area contributed by atoms with E-state index in [1.54, 1.807) is 56.1 Å². The van der Waals surface area contributed by atoms with Gasteiger partial charge in [-0.1, -0.05) is 12.1 Å². The van der Waals surface area contributed by atoms with Gasteiger partial charge in [-0.3, -0.25) is 9.36 Å². The van der Waals surface area contributed by atoms with Crippen LogP contribution >= 0.6 is 11.3 Å². The van der Waals surface area contributed by atoms with Crippen molar-refractivity contribution in [3.63, 3.8) is 0 Å². The first-order valence-electron chi connectivity index (χ1n) is 12.4. The largest absolute Gasteiger partial charge is 0.493 e. The van der Waals surface area contributed by atoms with Crippen molar-refractivity contribution in [2.45, 2.75) is 38.7 Å². The zero-order valence-electron chi connectivity index (χ0n) is 22.1. The number of amides is 1. The number of alkyl halides is 3. The highest BCUT2D eigenvalue weighted by atomic mass is 32.1. The van der Waals surface area contributed by atoms with E-state index >= 15 is 0 Å². The molecule has 1 saturated heterocycles. The average Bonchev–Trinajstić information content (AvgIpc) is 3.30. The maximum absolute atomic E-state index is 13.3. The molecular formula is C28H26F3N3O5S. The van der Waals surface area contributed by atoms with E-state index in [0.29, 0.717) is 51.1 Å². The molecule has 5 rings (SSSR count). The Morgan fingerprint density at radius 3 is 2.35 bits per heavy atom. The van der Waals surface area contributed by atoms with E-state index in [1.807, 2.05) is 0 Å². The lowest BCUT2D eigenvalue weighted by Gasteiger charge is -2.39. The maximum atomic E-state index is 13.3. The van der Waals surface area contributed by atoms with Crippen molar-refractivity contribution in [2.24, 2.45) is 0 Å². The van der Waals surface area contributed by atoms with Crippen molar-refractivity contribution < 1.29 is 32.2 Å². The number of thiazole rings is 1. The van der Waals surface area contributed by atoms with Crippen molar-refractivity contribution in [1.29, 1.82) is 0 Å². The summed E-state index contributed by atoms with van der Waals surface area (Å²) in [4.78, 5) is 31.5. The number of carbonyl (C=O) groups is 1. The van der Waals surface area contributed by atoms with Crippen LogP contribution in [0.1, 0.15) is 26.3 Å². The van der Waals surface area contributed by atoms with Crippen molar-refractivity contribution in [1.82, 2.24) is 14.5 Å². The standard InChI is InChI=1S/C28H26F3N3O5S/c1-27(2,3)39-26(36)33-14-19(15-33)38-21-10-9-18(13-22(21)37-4)34-12-11-20-23(25(34)35)40-24(32-20)16-5-7-17(8-6-16)28(29,30)31/h5-13,19H,14-15H2,1-4H3. The van der Waals surface area contributed by atoms with Crippen LogP contribution in [0.5, 0.6) is 11.5 Å². The monoisotopic (exact) mass is 573 g/mol. The summed E-state index contributed by atoms with van der Waals surface area (Å²) >= 11 is 1.11. The van der Waals surface area contributed by atoms with Crippen LogP contribution < -0.4 is 15.0 Å². The fourth-order valence-electron chi connectivity index (χ4n) is 4.12. The van der Waals surface area contributed by atoms with E-state index in [1.165, 1.54) is 23.8 Å². The SMILES string of the molecule is COc1cc(-n2ccc3nc(-c4ccc(C(F)(F)F)cc4)sc3c2=O)ccc1OC1CN(C(=O)OC(C)(C)C)C1. The number of nitrogens with zero attached hydrogens (tertiary/aromatic N) is 3. The molecule has 0 atom stereocenters. The molecule has 12 heteroatoms. The van der Waals surface area contributed by atoms with Crippen LogP contribution in [0.25, 0.3) is 26.5 Å². The molecule has 8 nitrogen and oxygen atoms in total. The molecule has 1 aliphatic rings. The lowest BCUT2D eigenvalue weighted by molar-refractivity contribution is -0.137. The van der Waals surface area contributed by atoms with Crippen LogP contribution in [0.15, 0.2) is 59.5 Å². The molecule has 1 amide bonds. The van der Waals surface area contributed by atoms with Gasteiger partial charge < -0.3 is 19.1 Å². The third kappa shape index (κ3) is 5.62. The van der Waals surface area contributed by atoms with Crippen LogP contribution in [0.3, 0.4) is 0 Å². The molecule has 0 spiro atoms. The van der Waals surface area contributed by atoms with Gasteiger partial charge in [-0.2, -0.15) is 13.2 Å². The number of pyridine rings is 1. The van der Waals surface area contributed by atoms with E-state index in [-0.39, 0.29) is 11.7 Å². The van der Waals surface area contributed by atoms with Crippen molar-refractivity contribution in [3.8, 4) is 27.8 Å². The van der Waals surface area contributed by atoms with Gasteiger partial charge in [0.1, 0.15) is 21.4 Å². The molecule has 3 heterocycles. The molecule has 1 aliphatic heterocycles. The van der Waals surface area contributed by atoms with Gasteiger partial charge >= 0.3 is 12.3 Å². The van der Waals surface area contributed by atoms with Gasteiger partial charge in [0.15, 0.2) is 11.5 Å². The average molecular weight is 574 g/mol. The first kappa shape index (κ1) is 27.5. The van der Waals surface area contributed by atoms with Crippen LogP contribution in [0, 0.1) is 0 Å². The molecule has 0 bridgehead atoms.